The molecule has 1 aliphatic heterocycles. The molecule has 0 atom stereocenters. The van der Waals surface area contributed by atoms with Gasteiger partial charge in [-0.15, -0.1) is 0 Å². The number of carbonyl (C=O) groups is 1. The van der Waals surface area contributed by atoms with E-state index >= 15 is 0 Å². The standard InChI is InChI=1S/C15H15N3O2/c19-15(20)12-5-3-4-11(8-12)13-9-14(17-10-16-13)18-6-1-2-7-18/h3-5,8-10H,1-2,6-7H2,(H,19,20). The number of nitrogens with zero attached hydrogens (tertiary/aromatic N) is 3. The second-order valence-corrected chi connectivity index (χ2v) is 4.84. The fourth-order valence-corrected chi connectivity index (χ4v) is 2.44. The van der Waals surface area contributed by atoms with Crippen molar-refractivity contribution >= 4 is 11.8 Å². The van der Waals surface area contributed by atoms with E-state index in [1.54, 1.807) is 18.2 Å². The minimum Gasteiger partial charge on any atom is -0.478 e. The van der Waals surface area contributed by atoms with E-state index in [1.165, 1.54) is 19.2 Å². The number of carboxylic acid groups (broad SMARTS) is 1. The maximum atomic E-state index is 11.0. The van der Waals surface area contributed by atoms with Gasteiger partial charge in [0.2, 0.25) is 0 Å². The van der Waals surface area contributed by atoms with Crippen LogP contribution >= 0.6 is 0 Å². The molecule has 0 unspecified atom stereocenters. The van der Waals surface area contributed by atoms with Gasteiger partial charge in [-0.25, -0.2) is 14.8 Å². The van der Waals surface area contributed by atoms with Crippen molar-refractivity contribution in [1.82, 2.24) is 9.97 Å². The molecule has 1 aliphatic rings. The lowest BCUT2D eigenvalue weighted by Gasteiger charge is -2.16. The summed E-state index contributed by atoms with van der Waals surface area (Å²) in [6, 6.07) is 8.73. The van der Waals surface area contributed by atoms with Gasteiger partial charge in [-0.3, -0.25) is 0 Å². The van der Waals surface area contributed by atoms with Crippen molar-refractivity contribution in [2.75, 3.05) is 18.0 Å². The molecule has 20 heavy (non-hydrogen) atoms. The quantitative estimate of drug-likeness (QED) is 0.927. The van der Waals surface area contributed by atoms with E-state index in [9.17, 15) is 4.79 Å². The third-order valence-corrected chi connectivity index (χ3v) is 3.49. The molecule has 0 spiro atoms. The highest BCUT2D eigenvalue weighted by Crippen LogP contribution is 2.23. The zero-order valence-electron chi connectivity index (χ0n) is 11.0. The van der Waals surface area contributed by atoms with E-state index in [1.807, 2.05) is 12.1 Å². The van der Waals surface area contributed by atoms with E-state index in [0.29, 0.717) is 0 Å². The summed E-state index contributed by atoms with van der Waals surface area (Å²) in [6.45, 7) is 2.04. The van der Waals surface area contributed by atoms with Crippen LogP contribution < -0.4 is 4.90 Å². The number of carboxylic acids is 1. The Hall–Kier alpha value is -2.43. The van der Waals surface area contributed by atoms with Gasteiger partial charge in [-0.05, 0) is 25.0 Å². The van der Waals surface area contributed by atoms with Crippen LogP contribution in [0.25, 0.3) is 11.3 Å². The molecule has 1 aromatic heterocycles. The van der Waals surface area contributed by atoms with Gasteiger partial charge in [-0.1, -0.05) is 12.1 Å². The van der Waals surface area contributed by atoms with Gasteiger partial charge in [0.15, 0.2) is 0 Å². The summed E-state index contributed by atoms with van der Waals surface area (Å²) in [5, 5.41) is 9.04. The van der Waals surface area contributed by atoms with Gasteiger partial charge in [0.25, 0.3) is 0 Å². The number of rotatable bonds is 3. The van der Waals surface area contributed by atoms with Crippen molar-refractivity contribution in [3.63, 3.8) is 0 Å². The fraction of sp³-hybridized carbons (Fsp3) is 0.267. The summed E-state index contributed by atoms with van der Waals surface area (Å²) in [5.74, 6) is -0.0195. The average molecular weight is 269 g/mol. The van der Waals surface area contributed by atoms with Gasteiger partial charge < -0.3 is 10.0 Å². The molecular formula is C15H15N3O2. The molecule has 0 amide bonds. The third-order valence-electron chi connectivity index (χ3n) is 3.49. The van der Waals surface area contributed by atoms with Crippen molar-refractivity contribution in [3.05, 3.63) is 42.2 Å². The number of hydrogen-bond donors (Lipinski definition) is 1. The van der Waals surface area contributed by atoms with Gasteiger partial charge in [-0.2, -0.15) is 0 Å². The Kier molecular flexibility index (Phi) is 3.33. The molecule has 1 saturated heterocycles. The molecule has 0 aliphatic carbocycles. The van der Waals surface area contributed by atoms with Crippen molar-refractivity contribution in [3.8, 4) is 11.3 Å². The van der Waals surface area contributed by atoms with Crippen molar-refractivity contribution in [2.45, 2.75) is 12.8 Å². The van der Waals surface area contributed by atoms with Crippen LogP contribution in [0.3, 0.4) is 0 Å². The average Bonchev–Trinajstić information content (AvgIpc) is 3.02. The first kappa shape index (κ1) is 12.6. The van der Waals surface area contributed by atoms with Gasteiger partial charge in [0.1, 0.15) is 12.1 Å². The van der Waals surface area contributed by atoms with E-state index in [0.717, 1.165) is 30.2 Å². The first-order valence-electron chi connectivity index (χ1n) is 6.65. The second-order valence-electron chi connectivity index (χ2n) is 4.84. The van der Waals surface area contributed by atoms with Crippen LogP contribution in [-0.4, -0.2) is 34.1 Å². The van der Waals surface area contributed by atoms with Crippen LogP contribution in [0.15, 0.2) is 36.7 Å². The molecule has 0 bridgehead atoms. The van der Waals surface area contributed by atoms with Crippen molar-refractivity contribution in [1.29, 1.82) is 0 Å². The molecule has 3 rings (SSSR count). The number of anilines is 1. The van der Waals surface area contributed by atoms with E-state index in [2.05, 4.69) is 14.9 Å². The number of benzene rings is 1. The minimum atomic E-state index is -0.930. The predicted octanol–water partition coefficient (Wildman–Crippen LogP) is 2.44. The Morgan fingerprint density at radius 3 is 2.70 bits per heavy atom. The summed E-state index contributed by atoms with van der Waals surface area (Å²) in [7, 11) is 0. The molecule has 5 heteroatoms. The summed E-state index contributed by atoms with van der Waals surface area (Å²) in [5.41, 5.74) is 1.82. The van der Waals surface area contributed by atoms with E-state index < -0.39 is 5.97 Å². The fourth-order valence-electron chi connectivity index (χ4n) is 2.44. The normalized spacial score (nSPS) is 14.5. The number of hydrogen-bond acceptors (Lipinski definition) is 4. The third kappa shape index (κ3) is 2.47. The molecule has 5 nitrogen and oxygen atoms in total. The van der Waals surface area contributed by atoms with Crippen molar-refractivity contribution in [2.24, 2.45) is 0 Å². The topological polar surface area (TPSA) is 66.3 Å². The summed E-state index contributed by atoms with van der Waals surface area (Å²) in [4.78, 5) is 21.8. The van der Waals surface area contributed by atoms with Crippen LogP contribution in [0, 0.1) is 0 Å². The Balaban J connectivity index is 1.95. The van der Waals surface area contributed by atoms with Crippen LogP contribution in [0.2, 0.25) is 0 Å². The van der Waals surface area contributed by atoms with Crippen LogP contribution in [0.5, 0.6) is 0 Å². The van der Waals surface area contributed by atoms with E-state index in [-0.39, 0.29) is 5.56 Å². The second kappa shape index (κ2) is 5.28. The summed E-state index contributed by atoms with van der Waals surface area (Å²) >= 11 is 0. The number of aromatic nitrogens is 2. The largest absolute Gasteiger partial charge is 0.478 e. The lowest BCUT2D eigenvalue weighted by molar-refractivity contribution is 0.0697. The summed E-state index contributed by atoms with van der Waals surface area (Å²) < 4.78 is 0. The first-order valence-corrected chi connectivity index (χ1v) is 6.65. The maximum absolute atomic E-state index is 11.0. The Morgan fingerprint density at radius 2 is 1.95 bits per heavy atom. The maximum Gasteiger partial charge on any atom is 0.335 e. The molecule has 1 N–H and O–H groups in total. The van der Waals surface area contributed by atoms with Crippen LogP contribution in [0.1, 0.15) is 23.2 Å². The number of aromatic carboxylic acids is 1. The lowest BCUT2D eigenvalue weighted by Crippen LogP contribution is -2.19. The SMILES string of the molecule is O=C(O)c1cccc(-c2cc(N3CCCC3)ncn2)c1. The molecule has 2 heterocycles. The Labute approximate surface area is 116 Å². The van der Waals surface area contributed by atoms with E-state index in [4.69, 9.17) is 5.11 Å². The molecule has 1 fully saturated rings. The zero-order valence-corrected chi connectivity index (χ0v) is 11.0. The first-order chi connectivity index (χ1) is 9.74. The highest BCUT2D eigenvalue weighted by atomic mass is 16.4. The van der Waals surface area contributed by atoms with Crippen LogP contribution in [0.4, 0.5) is 5.82 Å². The Morgan fingerprint density at radius 1 is 1.15 bits per heavy atom. The molecule has 1 aromatic carbocycles. The molecular weight excluding hydrogens is 254 g/mol. The molecule has 0 saturated carbocycles. The van der Waals surface area contributed by atoms with Crippen LogP contribution in [-0.2, 0) is 0 Å². The molecule has 102 valence electrons. The monoisotopic (exact) mass is 269 g/mol. The summed E-state index contributed by atoms with van der Waals surface area (Å²) in [6.07, 6.45) is 3.91. The smallest absolute Gasteiger partial charge is 0.335 e. The molecule has 2 aromatic rings. The highest BCUT2D eigenvalue weighted by molar-refractivity contribution is 5.89. The zero-order chi connectivity index (χ0) is 13.9. The van der Waals surface area contributed by atoms with Crippen molar-refractivity contribution < 1.29 is 9.90 Å². The highest BCUT2D eigenvalue weighted by Gasteiger charge is 2.14. The van der Waals surface area contributed by atoms with Gasteiger partial charge in [0.05, 0.1) is 11.3 Å². The van der Waals surface area contributed by atoms with Gasteiger partial charge in [0, 0.05) is 24.7 Å². The molecule has 0 radical (unpaired) electrons. The lowest BCUT2D eigenvalue weighted by atomic mass is 10.1. The Bertz CT molecular complexity index is 637. The van der Waals surface area contributed by atoms with Gasteiger partial charge >= 0.3 is 5.97 Å². The minimum absolute atomic E-state index is 0.267. The predicted molar refractivity (Wildman–Crippen MR) is 75.9 cm³/mol.